The van der Waals surface area contributed by atoms with Gasteiger partial charge in [0.2, 0.25) is 0 Å². The van der Waals surface area contributed by atoms with Crippen LogP contribution in [-0.2, 0) is 9.53 Å². The number of ether oxygens (including phenoxy) is 1. The molecule has 4 nitrogen and oxygen atoms in total. The number of amides is 1. The van der Waals surface area contributed by atoms with E-state index in [4.69, 9.17) is 4.74 Å². The Kier molecular flexibility index (Phi) is 3.75. The highest BCUT2D eigenvalue weighted by molar-refractivity contribution is 7.08. The smallest absolute Gasteiger partial charge is 0.313 e. The highest BCUT2D eigenvalue weighted by atomic mass is 32.1. The van der Waals surface area contributed by atoms with E-state index in [0.717, 1.165) is 11.3 Å². The van der Waals surface area contributed by atoms with Crippen LogP contribution in [0.4, 0.5) is 5.69 Å². The van der Waals surface area contributed by atoms with E-state index in [1.165, 1.54) is 18.4 Å². The summed E-state index contributed by atoms with van der Waals surface area (Å²) in [5.41, 5.74) is 2.35. The number of fused-ring (bicyclic) bond motifs is 1. The van der Waals surface area contributed by atoms with E-state index in [9.17, 15) is 9.59 Å². The van der Waals surface area contributed by atoms with Crippen molar-refractivity contribution in [3.05, 3.63) is 52.2 Å². The maximum atomic E-state index is 12.6. The Morgan fingerprint density at radius 1 is 1.29 bits per heavy atom. The van der Waals surface area contributed by atoms with Gasteiger partial charge in [-0.05, 0) is 29.5 Å². The van der Waals surface area contributed by atoms with Crippen molar-refractivity contribution in [1.82, 2.24) is 0 Å². The predicted molar refractivity (Wildman–Crippen MR) is 81.8 cm³/mol. The van der Waals surface area contributed by atoms with E-state index >= 15 is 0 Å². The molecule has 2 aromatic rings. The first-order valence-electron chi connectivity index (χ1n) is 6.73. The molecule has 5 heteroatoms. The van der Waals surface area contributed by atoms with Crippen molar-refractivity contribution in [2.24, 2.45) is 0 Å². The Morgan fingerprint density at radius 3 is 2.81 bits per heavy atom. The van der Waals surface area contributed by atoms with Crippen LogP contribution in [0.25, 0.3) is 0 Å². The highest BCUT2D eigenvalue weighted by Gasteiger charge is 2.33. The molecule has 1 aliphatic rings. The average molecular weight is 301 g/mol. The summed E-state index contributed by atoms with van der Waals surface area (Å²) in [5.74, 6) is -0.560. The molecule has 1 aromatic heterocycles. The minimum absolute atomic E-state index is 0.0213. The molecule has 2 heterocycles. The van der Waals surface area contributed by atoms with Gasteiger partial charge < -0.3 is 9.64 Å². The molecular formula is C16H15NO3S. The lowest BCUT2D eigenvalue weighted by atomic mass is 9.89. The maximum Gasteiger partial charge on any atom is 0.313 e. The zero-order valence-electron chi connectivity index (χ0n) is 11.6. The monoisotopic (exact) mass is 301 g/mol. The van der Waals surface area contributed by atoms with Gasteiger partial charge in [-0.2, -0.15) is 11.3 Å². The number of nitrogens with zero attached hydrogens (tertiary/aromatic N) is 1. The second-order valence-corrected chi connectivity index (χ2v) is 5.67. The summed E-state index contributed by atoms with van der Waals surface area (Å²) < 4.78 is 4.87. The number of carbonyl (C=O) groups excluding carboxylic acids is 2. The molecule has 108 valence electrons. The van der Waals surface area contributed by atoms with Crippen LogP contribution in [-0.4, -0.2) is 25.5 Å². The molecule has 0 N–H and O–H groups in total. The molecule has 0 bridgehead atoms. The molecular weight excluding hydrogens is 286 g/mol. The van der Waals surface area contributed by atoms with Crippen LogP contribution >= 0.6 is 11.3 Å². The molecule has 1 atom stereocenters. The fraction of sp³-hybridized carbons (Fsp3) is 0.250. The Hall–Kier alpha value is -2.14. The van der Waals surface area contributed by atoms with Crippen molar-refractivity contribution in [1.29, 1.82) is 0 Å². The van der Waals surface area contributed by atoms with Gasteiger partial charge in [0.15, 0.2) is 0 Å². The van der Waals surface area contributed by atoms with Gasteiger partial charge in [-0.15, -0.1) is 0 Å². The summed E-state index contributed by atoms with van der Waals surface area (Å²) >= 11 is 1.50. The quantitative estimate of drug-likeness (QED) is 0.801. The molecule has 0 saturated carbocycles. The van der Waals surface area contributed by atoms with Crippen LogP contribution in [0.5, 0.6) is 0 Å². The first kappa shape index (κ1) is 13.8. The van der Waals surface area contributed by atoms with E-state index in [0.29, 0.717) is 18.5 Å². The number of para-hydroxylation sites is 1. The molecule has 1 amide bonds. The lowest BCUT2D eigenvalue weighted by Gasteiger charge is -2.33. The third-order valence-corrected chi connectivity index (χ3v) is 4.43. The molecule has 3 rings (SSSR count). The van der Waals surface area contributed by atoms with E-state index < -0.39 is 0 Å². The molecule has 21 heavy (non-hydrogen) atoms. The van der Waals surface area contributed by atoms with Crippen molar-refractivity contribution < 1.29 is 14.3 Å². The fourth-order valence-corrected chi connectivity index (χ4v) is 3.33. The van der Waals surface area contributed by atoms with E-state index in [1.807, 2.05) is 41.1 Å². The SMILES string of the molecule is COC(=O)C1CCN(C(=O)c2ccsc2)c2ccccc21. The Balaban J connectivity index is 1.98. The number of hydrogen-bond donors (Lipinski definition) is 0. The van der Waals surface area contributed by atoms with Gasteiger partial charge >= 0.3 is 5.97 Å². The molecule has 0 aliphatic carbocycles. The second kappa shape index (κ2) is 5.69. The highest BCUT2D eigenvalue weighted by Crippen LogP contribution is 2.36. The van der Waals surface area contributed by atoms with Crippen molar-refractivity contribution in [2.75, 3.05) is 18.6 Å². The van der Waals surface area contributed by atoms with Crippen molar-refractivity contribution >= 4 is 28.9 Å². The number of esters is 1. The van der Waals surface area contributed by atoms with E-state index in [-0.39, 0.29) is 17.8 Å². The van der Waals surface area contributed by atoms with Gasteiger partial charge in [-0.3, -0.25) is 9.59 Å². The zero-order chi connectivity index (χ0) is 14.8. The molecule has 1 unspecified atom stereocenters. The number of anilines is 1. The van der Waals surface area contributed by atoms with Gasteiger partial charge in [0.1, 0.15) is 0 Å². The summed E-state index contributed by atoms with van der Waals surface area (Å²) in [4.78, 5) is 26.2. The average Bonchev–Trinajstić information content (AvgIpc) is 3.07. The van der Waals surface area contributed by atoms with Crippen LogP contribution in [0.3, 0.4) is 0 Å². The van der Waals surface area contributed by atoms with Crippen LogP contribution in [0.15, 0.2) is 41.1 Å². The molecule has 0 fully saturated rings. The number of carbonyl (C=O) groups is 2. The van der Waals surface area contributed by atoms with Gasteiger partial charge in [0, 0.05) is 17.6 Å². The maximum absolute atomic E-state index is 12.6. The Bertz CT molecular complexity index is 666. The Labute approximate surface area is 127 Å². The van der Waals surface area contributed by atoms with Crippen molar-refractivity contribution in [3.8, 4) is 0 Å². The minimum Gasteiger partial charge on any atom is -0.469 e. The largest absolute Gasteiger partial charge is 0.469 e. The lowest BCUT2D eigenvalue weighted by molar-refractivity contribution is -0.142. The van der Waals surface area contributed by atoms with Crippen LogP contribution in [0, 0.1) is 0 Å². The topological polar surface area (TPSA) is 46.6 Å². The molecule has 1 aromatic carbocycles. The zero-order valence-corrected chi connectivity index (χ0v) is 12.4. The summed E-state index contributed by atoms with van der Waals surface area (Å²) in [7, 11) is 1.40. The number of thiophene rings is 1. The minimum atomic E-state index is -0.294. The fourth-order valence-electron chi connectivity index (χ4n) is 2.70. The lowest BCUT2D eigenvalue weighted by Crippen LogP contribution is -2.38. The van der Waals surface area contributed by atoms with Crippen LogP contribution in [0.2, 0.25) is 0 Å². The van der Waals surface area contributed by atoms with Crippen molar-refractivity contribution in [3.63, 3.8) is 0 Å². The van der Waals surface area contributed by atoms with Gasteiger partial charge in [0.25, 0.3) is 5.91 Å². The van der Waals surface area contributed by atoms with Crippen molar-refractivity contribution in [2.45, 2.75) is 12.3 Å². The Morgan fingerprint density at radius 2 is 2.10 bits per heavy atom. The summed E-state index contributed by atoms with van der Waals surface area (Å²) in [6.45, 7) is 0.519. The number of hydrogen-bond acceptors (Lipinski definition) is 4. The summed E-state index contributed by atoms with van der Waals surface area (Å²) in [6, 6.07) is 9.36. The van der Waals surface area contributed by atoms with E-state index in [1.54, 1.807) is 4.90 Å². The number of benzene rings is 1. The van der Waals surface area contributed by atoms with Crippen LogP contribution in [0.1, 0.15) is 28.3 Å². The van der Waals surface area contributed by atoms with Crippen LogP contribution < -0.4 is 4.90 Å². The third-order valence-electron chi connectivity index (χ3n) is 3.74. The molecule has 0 radical (unpaired) electrons. The molecule has 0 spiro atoms. The van der Waals surface area contributed by atoms with E-state index in [2.05, 4.69) is 0 Å². The predicted octanol–water partition coefficient (Wildman–Crippen LogP) is 3.06. The van der Waals surface area contributed by atoms with Gasteiger partial charge in [-0.25, -0.2) is 0 Å². The number of methoxy groups -OCH3 is 1. The normalized spacial score (nSPS) is 17.2. The summed E-state index contributed by atoms with van der Waals surface area (Å²) in [6.07, 6.45) is 0.583. The first-order chi connectivity index (χ1) is 10.2. The van der Waals surface area contributed by atoms with Gasteiger partial charge in [0.05, 0.1) is 18.6 Å². The third kappa shape index (κ3) is 2.45. The summed E-state index contributed by atoms with van der Waals surface area (Å²) in [5, 5.41) is 3.73. The standard InChI is InChI=1S/C16H15NO3S/c1-20-16(19)13-6-8-17(14-5-3-2-4-12(13)14)15(18)11-7-9-21-10-11/h2-5,7,9-10,13H,6,8H2,1H3. The first-order valence-corrected chi connectivity index (χ1v) is 7.67. The number of rotatable bonds is 2. The second-order valence-electron chi connectivity index (χ2n) is 4.89. The van der Waals surface area contributed by atoms with Gasteiger partial charge in [-0.1, -0.05) is 18.2 Å². The molecule has 1 aliphatic heterocycles. The molecule has 0 saturated heterocycles.